The van der Waals surface area contributed by atoms with E-state index in [1.807, 2.05) is 0 Å². The molecule has 1 saturated heterocycles. The van der Waals surface area contributed by atoms with Gasteiger partial charge >= 0.3 is 0 Å². The lowest BCUT2D eigenvalue weighted by atomic mass is 9.86. The van der Waals surface area contributed by atoms with Crippen molar-refractivity contribution in [3.8, 4) is 0 Å². The van der Waals surface area contributed by atoms with Crippen LogP contribution in [-0.4, -0.2) is 36.2 Å². The van der Waals surface area contributed by atoms with Crippen LogP contribution in [0.25, 0.3) is 16.5 Å². The van der Waals surface area contributed by atoms with E-state index in [9.17, 15) is 0 Å². The largest absolute Gasteiger partial charge is 0.354 e. The number of nitrogens with one attached hydrogen (secondary N) is 2. The van der Waals surface area contributed by atoms with Gasteiger partial charge in [-0.2, -0.15) is 0 Å². The molecule has 1 aromatic heterocycles. The molecule has 4 heteroatoms. The lowest BCUT2D eigenvalue weighted by Crippen LogP contribution is -2.26. The van der Waals surface area contributed by atoms with Crippen LogP contribution in [-0.2, 0) is 0 Å². The molecule has 0 radical (unpaired) electrons. The number of nitrogens with zero attached hydrogens (tertiary/aromatic N) is 2. The van der Waals surface area contributed by atoms with Gasteiger partial charge in [-0.25, -0.2) is 4.99 Å². The molecule has 1 atom stereocenters. The number of H-pyrrole nitrogens is 1. The molecule has 31 heavy (non-hydrogen) atoms. The Kier molecular flexibility index (Phi) is 5.66. The van der Waals surface area contributed by atoms with E-state index in [2.05, 4.69) is 71.4 Å². The number of fused-ring (bicyclic) bond motifs is 2. The Hall–Kier alpha value is -2.46. The average molecular weight is 415 g/mol. The second-order valence-corrected chi connectivity index (χ2v) is 9.47. The molecule has 2 N–H and O–H groups in total. The monoisotopic (exact) mass is 414 g/mol. The Balaban J connectivity index is 1.62. The van der Waals surface area contributed by atoms with Gasteiger partial charge in [-0.3, -0.25) is 4.99 Å². The molecule has 5 rings (SSSR count). The Morgan fingerprint density at radius 2 is 1.94 bits per heavy atom. The van der Waals surface area contributed by atoms with Crippen molar-refractivity contribution in [2.24, 2.45) is 9.98 Å². The second kappa shape index (κ2) is 8.58. The fourth-order valence-electron chi connectivity index (χ4n) is 5.53. The second-order valence-electron chi connectivity index (χ2n) is 9.47. The maximum atomic E-state index is 4.55. The molecule has 162 valence electrons. The summed E-state index contributed by atoms with van der Waals surface area (Å²) in [6.07, 6.45) is 11.9. The third-order valence-electron chi connectivity index (χ3n) is 7.26. The van der Waals surface area contributed by atoms with Crippen molar-refractivity contribution in [3.05, 3.63) is 52.7 Å². The van der Waals surface area contributed by atoms with Gasteiger partial charge < -0.3 is 10.3 Å². The molecule has 1 aliphatic carbocycles. The Labute approximate surface area is 185 Å². The van der Waals surface area contributed by atoms with Crippen molar-refractivity contribution < 1.29 is 0 Å². The van der Waals surface area contributed by atoms with Crippen LogP contribution in [0.3, 0.4) is 0 Å². The summed E-state index contributed by atoms with van der Waals surface area (Å²) in [5, 5.41) is 4.90. The average Bonchev–Trinajstić information content (AvgIpc) is 3.38. The van der Waals surface area contributed by atoms with Crippen LogP contribution in [0.4, 0.5) is 0 Å². The third-order valence-corrected chi connectivity index (χ3v) is 7.26. The van der Waals surface area contributed by atoms with Crippen molar-refractivity contribution in [2.45, 2.75) is 70.8 Å². The molecular weight excluding hydrogens is 380 g/mol. The number of aromatic nitrogens is 1. The van der Waals surface area contributed by atoms with Crippen LogP contribution < -0.4 is 5.32 Å². The zero-order chi connectivity index (χ0) is 21.4. The zero-order valence-corrected chi connectivity index (χ0v) is 19.0. The lowest BCUT2D eigenvalue weighted by Gasteiger charge is -2.23. The molecule has 3 aliphatic rings. The van der Waals surface area contributed by atoms with Crippen LogP contribution in [0.2, 0.25) is 0 Å². The Morgan fingerprint density at radius 3 is 2.71 bits per heavy atom. The smallest absolute Gasteiger partial charge is 0.111 e. The van der Waals surface area contributed by atoms with Gasteiger partial charge in [-0.1, -0.05) is 38.5 Å². The number of aromatic amines is 1. The van der Waals surface area contributed by atoms with Crippen molar-refractivity contribution in [1.29, 1.82) is 0 Å². The highest BCUT2D eigenvalue weighted by molar-refractivity contribution is 6.08. The van der Waals surface area contributed by atoms with Gasteiger partial charge in [0.05, 0.1) is 11.8 Å². The molecule has 0 bridgehead atoms. The van der Waals surface area contributed by atoms with Gasteiger partial charge in [0, 0.05) is 16.6 Å². The van der Waals surface area contributed by atoms with Crippen LogP contribution >= 0.6 is 0 Å². The van der Waals surface area contributed by atoms with E-state index in [1.54, 1.807) is 6.34 Å². The first kappa shape index (κ1) is 20.4. The summed E-state index contributed by atoms with van der Waals surface area (Å²) in [7, 11) is 0. The normalized spacial score (nSPS) is 25.5. The lowest BCUT2D eigenvalue weighted by molar-refractivity contribution is 0.460. The molecule has 0 spiro atoms. The van der Waals surface area contributed by atoms with Crippen LogP contribution in [0.15, 0.2) is 45.9 Å². The highest BCUT2D eigenvalue weighted by Gasteiger charge is 2.24. The minimum Gasteiger partial charge on any atom is -0.354 e. The summed E-state index contributed by atoms with van der Waals surface area (Å²) in [6, 6.07) is 7.37. The minimum atomic E-state index is 0.235. The molecule has 4 nitrogen and oxygen atoms in total. The molecular formula is C27H34N4. The number of hydrogen-bond acceptors (Lipinski definition) is 3. The summed E-state index contributed by atoms with van der Waals surface area (Å²) >= 11 is 0. The van der Waals surface area contributed by atoms with E-state index in [-0.39, 0.29) is 6.04 Å². The number of allylic oxidation sites excluding steroid dienone is 3. The van der Waals surface area contributed by atoms with Gasteiger partial charge in [0.2, 0.25) is 0 Å². The standard InChI is InChI=1S/C27H34N4/c1-4-18-5-9-24-25(30-16-29-24)10-7-21(18)27-26(17(2)3)22-15-20(6-8-23(22)31-27)19-11-13-28-14-12-19/h6-8,10,15-17,19,24,28,31H,4-5,9,11-14H2,1-3H3/b10-7-,21-18+. The van der Waals surface area contributed by atoms with Crippen molar-refractivity contribution in [3.63, 3.8) is 0 Å². The minimum absolute atomic E-state index is 0.235. The number of hydrogen-bond donors (Lipinski definition) is 2. The SMILES string of the molecule is CC/C1=C(c2[nH]c3ccc(C4CCNCC4)cc3c2C(C)C)/C=C\C2=NC=NC2CC1. The number of aliphatic imine (C=N–C) groups is 2. The predicted molar refractivity (Wildman–Crippen MR) is 133 cm³/mol. The maximum Gasteiger partial charge on any atom is 0.111 e. The summed E-state index contributed by atoms with van der Waals surface area (Å²) in [5.74, 6) is 1.13. The summed E-state index contributed by atoms with van der Waals surface area (Å²) in [4.78, 5) is 12.9. The van der Waals surface area contributed by atoms with Gasteiger partial charge in [0.1, 0.15) is 6.34 Å². The molecule has 0 saturated carbocycles. The van der Waals surface area contributed by atoms with Gasteiger partial charge in [0.25, 0.3) is 0 Å². The molecule has 1 unspecified atom stereocenters. The fraction of sp³-hybridized carbons (Fsp3) is 0.481. The Bertz CT molecular complexity index is 1090. The van der Waals surface area contributed by atoms with Crippen LogP contribution in [0.5, 0.6) is 0 Å². The first-order valence-electron chi connectivity index (χ1n) is 12.0. The van der Waals surface area contributed by atoms with Crippen LogP contribution in [0, 0.1) is 0 Å². The van der Waals surface area contributed by atoms with Gasteiger partial charge in [-0.05, 0) is 91.9 Å². The van der Waals surface area contributed by atoms with E-state index in [0.29, 0.717) is 11.8 Å². The van der Waals surface area contributed by atoms with E-state index in [0.717, 1.165) is 38.1 Å². The molecule has 1 fully saturated rings. The summed E-state index contributed by atoms with van der Waals surface area (Å²) < 4.78 is 0. The number of rotatable bonds is 4. The van der Waals surface area contributed by atoms with Crippen molar-refractivity contribution in [1.82, 2.24) is 10.3 Å². The first-order valence-corrected chi connectivity index (χ1v) is 12.0. The zero-order valence-electron chi connectivity index (χ0n) is 19.0. The highest BCUT2D eigenvalue weighted by Crippen LogP contribution is 2.39. The fourth-order valence-corrected chi connectivity index (χ4v) is 5.53. The van der Waals surface area contributed by atoms with Crippen molar-refractivity contribution >= 4 is 28.5 Å². The quantitative estimate of drug-likeness (QED) is 0.622. The maximum absolute atomic E-state index is 4.55. The molecule has 3 heterocycles. The molecule has 2 aromatic rings. The molecule has 0 amide bonds. The van der Waals surface area contributed by atoms with Gasteiger partial charge in [0.15, 0.2) is 0 Å². The topological polar surface area (TPSA) is 52.5 Å². The van der Waals surface area contributed by atoms with Gasteiger partial charge in [-0.15, -0.1) is 0 Å². The molecule has 1 aromatic carbocycles. The van der Waals surface area contributed by atoms with Crippen molar-refractivity contribution in [2.75, 3.05) is 13.1 Å². The van der Waals surface area contributed by atoms with Crippen LogP contribution in [0.1, 0.15) is 81.5 Å². The molecule has 2 aliphatic heterocycles. The van der Waals surface area contributed by atoms with E-state index in [1.165, 1.54) is 51.7 Å². The predicted octanol–water partition coefficient (Wildman–Crippen LogP) is 6.12. The van der Waals surface area contributed by atoms with E-state index < -0.39 is 0 Å². The number of piperidine rings is 1. The summed E-state index contributed by atoms with van der Waals surface area (Å²) in [5.41, 5.74) is 9.50. The Morgan fingerprint density at radius 1 is 1.10 bits per heavy atom. The van der Waals surface area contributed by atoms with E-state index >= 15 is 0 Å². The first-order chi connectivity index (χ1) is 15.2. The number of benzene rings is 1. The third kappa shape index (κ3) is 3.82. The van der Waals surface area contributed by atoms with E-state index in [4.69, 9.17) is 0 Å². The highest BCUT2D eigenvalue weighted by atomic mass is 15.0. The summed E-state index contributed by atoms with van der Waals surface area (Å²) in [6.45, 7) is 9.19.